The fourth-order valence-electron chi connectivity index (χ4n) is 2.10. The molecule has 78 valence electrons. The Bertz CT molecular complexity index is 135. The van der Waals surface area contributed by atoms with E-state index in [1.807, 2.05) is 0 Å². The van der Waals surface area contributed by atoms with Crippen molar-refractivity contribution >= 4 is 0 Å². The Labute approximate surface area is 79.9 Å². The summed E-state index contributed by atoms with van der Waals surface area (Å²) >= 11 is 0. The van der Waals surface area contributed by atoms with Crippen molar-refractivity contribution in [1.29, 1.82) is 0 Å². The largest absolute Gasteiger partial charge is 0.395 e. The maximum absolute atomic E-state index is 9.78. The van der Waals surface area contributed by atoms with Crippen LogP contribution in [0.25, 0.3) is 0 Å². The van der Waals surface area contributed by atoms with Gasteiger partial charge in [-0.2, -0.15) is 0 Å². The Morgan fingerprint density at radius 2 is 1.85 bits per heavy atom. The maximum atomic E-state index is 9.78. The van der Waals surface area contributed by atoms with Gasteiger partial charge in [0, 0.05) is 6.04 Å². The van der Waals surface area contributed by atoms with Crippen molar-refractivity contribution in [2.75, 3.05) is 6.61 Å². The van der Waals surface area contributed by atoms with Crippen molar-refractivity contribution < 1.29 is 10.2 Å². The van der Waals surface area contributed by atoms with E-state index in [0.29, 0.717) is 12.3 Å². The summed E-state index contributed by atoms with van der Waals surface area (Å²) in [6, 6.07) is -0.253. The third-order valence-corrected chi connectivity index (χ3v) is 2.97. The van der Waals surface area contributed by atoms with Gasteiger partial charge in [-0.1, -0.05) is 19.3 Å². The number of aliphatic hydroxyl groups is 2. The van der Waals surface area contributed by atoms with Gasteiger partial charge in [-0.05, 0) is 25.2 Å². The molecule has 1 rings (SSSR count). The highest BCUT2D eigenvalue weighted by atomic mass is 16.3. The quantitative estimate of drug-likeness (QED) is 0.605. The maximum Gasteiger partial charge on any atom is 0.0584 e. The molecule has 0 aliphatic heterocycles. The second-order valence-electron chi connectivity index (χ2n) is 4.14. The molecule has 2 unspecified atom stereocenters. The highest BCUT2D eigenvalue weighted by molar-refractivity contribution is 4.76. The summed E-state index contributed by atoms with van der Waals surface area (Å²) in [5, 5.41) is 18.5. The van der Waals surface area contributed by atoms with Gasteiger partial charge in [-0.3, -0.25) is 0 Å². The molecule has 4 N–H and O–H groups in total. The Morgan fingerprint density at radius 1 is 1.23 bits per heavy atom. The SMILES string of the molecule is NC(CO)CC(O)C1CCCCC1. The highest BCUT2D eigenvalue weighted by Gasteiger charge is 2.22. The first kappa shape index (κ1) is 11.0. The molecular weight excluding hydrogens is 166 g/mol. The lowest BCUT2D eigenvalue weighted by Gasteiger charge is -2.27. The van der Waals surface area contributed by atoms with E-state index in [2.05, 4.69) is 0 Å². The number of hydrogen-bond donors (Lipinski definition) is 3. The van der Waals surface area contributed by atoms with Gasteiger partial charge in [0.25, 0.3) is 0 Å². The molecule has 3 heteroatoms. The fraction of sp³-hybridized carbons (Fsp3) is 1.00. The minimum atomic E-state index is -0.303. The van der Waals surface area contributed by atoms with Gasteiger partial charge >= 0.3 is 0 Å². The van der Waals surface area contributed by atoms with Gasteiger partial charge in [0.15, 0.2) is 0 Å². The lowest BCUT2D eigenvalue weighted by molar-refractivity contribution is 0.0644. The molecule has 1 aliphatic carbocycles. The average Bonchev–Trinajstić information content (AvgIpc) is 2.19. The van der Waals surface area contributed by atoms with E-state index in [4.69, 9.17) is 10.8 Å². The second-order valence-corrected chi connectivity index (χ2v) is 4.14. The number of rotatable bonds is 4. The first-order valence-corrected chi connectivity index (χ1v) is 5.28. The molecule has 0 radical (unpaired) electrons. The Balaban J connectivity index is 2.24. The summed E-state index contributed by atoms with van der Waals surface area (Å²) < 4.78 is 0. The highest BCUT2D eigenvalue weighted by Crippen LogP contribution is 2.27. The van der Waals surface area contributed by atoms with Crippen molar-refractivity contribution in [3.8, 4) is 0 Å². The standard InChI is InChI=1S/C10H21NO2/c11-9(7-12)6-10(13)8-4-2-1-3-5-8/h8-10,12-13H,1-7,11H2. The summed E-state index contributed by atoms with van der Waals surface area (Å²) in [5.41, 5.74) is 5.57. The van der Waals surface area contributed by atoms with Crippen LogP contribution in [0.2, 0.25) is 0 Å². The average molecular weight is 187 g/mol. The van der Waals surface area contributed by atoms with Crippen LogP contribution in [0.15, 0.2) is 0 Å². The van der Waals surface area contributed by atoms with E-state index in [9.17, 15) is 5.11 Å². The lowest BCUT2D eigenvalue weighted by Crippen LogP contribution is -2.33. The Kier molecular flexibility index (Phi) is 4.70. The molecule has 0 amide bonds. The van der Waals surface area contributed by atoms with Crippen molar-refractivity contribution in [2.24, 2.45) is 11.7 Å². The summed E-state index contributed by atoms with van der Waals surface area (Å²) in [4.78, 5) is 0. The molecule has 1 saturated carbocycles. The summed E-state index contributed by atoms with van der Waals surface area (Å²) in [6.07, 6.45) is 6.25. The van der Waals surface area contributed by atoms with Gasteiger partial charge in [0.1, 0.15) is 0 Å². The zero-order valence-corrected chi connectivity index (χ0v) is 8.15. The van der Waals surface area contributed by atoms with Crippen LogP contribution in [0, 0.1) is 5.92 Å². The van der Waals surface area contributed by atoms with E-state index >= 15 is 0 Å². The molecule has 13 heavy (non-hydrogen) atoms. The topological polar surface area (TPSA) is 66.5 Å². The molecule has 2 atom stereocenters. The zero-order valence-electron chi connectivity index (χ0n) is 8.15. The van der Waals surface area contributed by atoms with Gasteiger partial charge in [0.05, 0.1) is 12.7 Å². The molecule has 0 heterocycles. The van der Waals surface area contributed by atoms with Crippen LogP contribution in [-0.4, -0.2) is 29.0 Å². The van der Waals surface area contributed by atoms with Crippen LogP contribution in [0.1, 0.15) is 38.5 Å². The first-order chi connectivity index (χ1) is 6.24. The Hall–Kier alpha value is -0.120. The van der Waals surface area contributed by atoms with Crippen molar-refractivity contribution in [2.45, 2.75) is 50.7 Å². The third kappa shape index (κ3) is 3.63. The molecule has 1 fully saturated rings. The molecular formula is C10H21NO2. The minimum absolute atomic E-state index is 0.0240. The monoisotopic (exact) mass is 187 g/mol. The number of nitrogens with two attached hydrogens (primary N) is 1. The van der Waals surface area contributed by atoms with Gasteiger partial charge < -0.3 is 15.9 Å². The van der Waals surface area contributed by atoms with Gasteiger partial charge in [0.2, 0.25) is 0 Å². The van der Waals surface area contributed by atoms with Crippen LogP contribution in [-0.2, 0) is 0 Å². The van der Waals surface area contributed by atoms with Crippen LogP contribution >= 0.6 is 0 Å². The molecule has 0 aromatic heterocycles. The van der Waals surface area contributed by atoms with Crippen LogP contribution < -0.4 is 5.73 Å². The predicted molar refractivity (Wildman–Crippen MR) is 52.3 cm³/mol. The Morgan fingerprint density at radius 3 is 2.38 bits per heavy atom. The van der Waals surface area contributed by atoms with Gasteiger partial charge in [-0.25, -0.2) is 0 Å². The smallest absolute Gasteiger partial charge is 0.0584 e. The summed E-state index contributed by atoms with van der Waals surface area (Å²) in [6.45, 7) is -0.0240. The molecule has 0 saturated heterocycles. The number of aliphatic hydroxyl groups excluding tert-OH is 2. The van der Waals surface area contributed by atoms with Gasteiger partial charge in [-0.15, -0.1) is 0 Å². The van der Waals surface area contributed by atoms with E-state index in [-0.39, 0.29) is 18.8 Å². The minimum Gasteiger partial charge on any atom is -0.395 e. The van der Waals surface area contributed by atoms with E-state index in [1.165, 1.54) is 19.3 Å². The predicted octanol–water partition coefficient (Wildman–Crippen LogP) is 0.637. The zero-order chi connectivity index (χ0) is 9.68. The number of hydrogen-bond acceptors (Lipinski definition) is 3. The van der Waals surface area contributed by atoms with Crippen LogP contribution in [0.5, 0.6) is 0 Å². The van der Waals surface area contributed by atoms with E-state index < -0.39 is 0 Å². The van der Waals surface area contributed by atoms with E-state index in [1.54, 1.807) is 0 Å². The molecule has 1 aliphatic rings. The normalized spacial score (nSPS) is 24.2. The van der Waals surface area contributed by atoms with Crippen LogP contribution in [0.3, 0.4) is 0 Å². The molecule has 0 aromatic rings. The first-order valence-electron chi connectivity index (χ1n) is 5.28. The summed E-state index contributed by atoms with van der Waals surface area (Å²) in [7, 11) is 0. The van der Waals surface area contributed by atoms with Crippen molar-refractivity contribution in [3.63, 3.8) is 0 Å². The lowest BCUT2D eigenvalue weighted by atomic mass is 9.83. The van der Waals surface area contributed by atoms with Crippen LogP contribution in [0.4, 0.5) is 0 Å². The third-order valence-electron chi connectivity index (χ3n) is 2.97. The molecule has 0 aromatic carbocycles. The molecule has 3 nitrogen and oxygen atoms in total. The van der Waals surface area contributed by atoms with E-state index in [0.717, 1.165) is 12.8 Å². The second kappa shape index (κ2) is 5.58. The molecule has 0 spiro atoms. The fourth-order valence-corrected chi connectivity index (χ4v) is 2.10. The van der Waals surface area contributed by atoms with Crippen molar-refractivity contribution in [3.05, 3.63) is 0 Å². The summed E-state index contributed by atoms with van der Waals surface area (Å²) in [5.74, 6) is 0.423. The van der Waals surface area contributed by atoms with Crippen molar-refractivity contribution in [1.82, 2.24) is 0 Å². The molecule has 0 bridgehead atoms.